The summed E-state index contributed by atoms with van der Waals surface area (Å²) in [5.74, 6) is 0.816. The molecule has 1 heterocycles. The zero-order valence-electron chi connectivity index (χ0n) is 7.91. The third kappa shape index (κ3) is 1.74. The van der Waals surface area contributed by atoms with Crippen LogP contribution < -0.4 is 11.1 Å². The molecule has 6 heteroatoms. The fraction of sp³-hybridized carbons (Fsp3) is 0.625. The summed E-state index contributed by atoms with van der Waals surface area (Å²) < 4.78 is 4.83. The number of hydrogen-bond acceptors (Lipinski definition) is 5. The van der Waals surface area contributed by atoms with Crippen LogP contribution >= 0.6 is 0 Å². The van der Waals surface area contributed by atoms with Crippen molar-refractivity contribution in [1.29, 1.82) is 0 Å². The van der Waals surface area contributed by atoms with E-state index in [4.69, 9.17) is 10.3 Å². The van der Waals surface area contributed by atoms with Crippen LogP contribution in [0.4, 0.5) is 0 Å². The molecule has 3 N–H and O–H groups in total. The Hall–Kier alpha value is -1.43. The van der Waals surface area contributed by atoms with Gasteiger partial charge in [-0.1, -0.05) is 5.16 Å². The molecule has 0 saturated heterocycles. The van der Waals surface area contributed by atoms with Gasteiger partial charge in [-0.25, -0.2) is 0 Å². The fourth-order valence-electron chi connectivity index (χ4n) is 1.11. The molecule has 0 spiro atoms. The van der Waals surface area contributed by atoms with E-state index in [1.54, 1.807) is 6.92 Å². The Bertz CT molecular complexity index is 356. The Labute approximate surface area is 80.9 Å². The highest BCUT2D eigenvalue weighted by molar-refractivity contribution is 5.88. The molecular formula is C8H12N4O2. The van der Waals surface area contributed by atoms with Crippen molar-refractivity contribution in [2.45, 2.75) is 31.8 Å². The monoisotopic (exact) mass is 196 g/mol. The molecule has 0 bridgehead atoms. The van der Waals surface area contributed by atoms with Crippen LogP contribution in [0.1, 0.15) is 24.6 Å². The van der Waals surface area contributed by atoms with Gasteiger partial charge in [-0.3, -0.25) is 4.79 Å². The summed E-state index contributed by atoms with van der Waals surface area (Å²) in [6.07, 6.45) is 1.50. The molecule has 0 atom stereocenters. The van der Waals surface area contributed by atoms with Crippen LogP contribution in [-0.2, 0) is 11.3 Å². The molecular weight excluding hydrogens is 184 g/mol. The molecule has 6 nitrogen and oxygen atoms in total. The first-order valence-corrected chi connectivity index (χ1v) is 4.46. The number of aryl methyl sites for hydroxylation is 1. The number of carbonyl (C=O) groups is 1. The lowest BCUT2D eigenvalue weighted by molar-refractivity contribution is -0.123. The number of nitrogens with one attached hydrogen (secondary N) is 1. The van der Waals surface area contributed by atoms with Crippen molar-refractivity contribution in [3.63, 3.8) is 0 Å². The molecule has 1 aromatic heterocycles. The van der Waals surface area contributed by atoms with Gasteiger partial charge in [0.25, 0.3) is 0 Å². The van der Waals surface area contributed by atoms with Gasteiger partial charge in [-0.15, -0.1) is 0 Å². The van der Waals surface area contributed by atoms with E-state index in [9.17, 15) is 4.79 Å². The van der Waals surface area contributed by atoms with Crippen LogP contribution in [-0.4, -0.2) is 21.6 Å². The summed E-state index contributed by atoms with van der Waals surface area (Å²) in [4.78, 5) is 15.3. The van der Waals surface area contributed by atoms with E-state index in [0.29, 0.717) is 11.7 Å². The van der Waals surface area contributed by atoms with Crippen LogP contribution in [0.2, 0.25) is 0 Å². The molecule has 14 heavy (non-hydrogen) atoms. The minimum atomic E-state index is -0.644. The standard InChI is InChI=1S/C8H12N4O2/c1-5-11-6(14-12-5)4-10-7(13)8(9)2-3-8/h2-4,9H2,1H3,(H,10,13). The van der Waals surface area contributed by atoms with Gasteiger partial charge in [0.15, 0.2) is 5.82 Å². The number of rotatable bonds is 3. The molecule has 1 aromatic rings. The maximum Gasteiger partial charge on any atom is 0.246 e. The highest BCUT2D eigenvalue weighted by Gasteiger charge is 2.45. The smallest absolute Gasteiger partial charge is 0.246 e. The van der Waals surface area contributed by atoms with E-state index in [-0.39, 0.29) is 12.5 Å². The molecule has 1 aliphatic carbocycles. The predicted octanol–water partition coefficient (Wildman–Crippen LogP) is -0.514. The van der Waals surface area contributed by atoms with E-state index in [1.165, 1.54) is 0 Å². The van der Waals surface area contributed by atoms with Crippen molar-refractivity contribution in [2.24, 2.45) is 5.73 Å². The normalized spacial score (nSPS) is 17.9. The highest BCUT2D eigenvalue weighted by Crippen LogP contribution is 2.32. The lowest BCUT2D eigenvalue weighted by atomic mass is 10.3. The first-order valence-electron chi connectivity index (χ1n) is 4.46. The van der Waals surface area contributed by atoms with Crippen LogP contribution in [0.5, 0.6) is 0 Å². The van der Waals surface area contributed by atoms with Crippen LogP contribution in [0.25, 0.3) is 0 Å². The third-order valence-corrected chi connectivity index (χ3v) is 2.21. The van der Waals surface area contributed by atoms with Crippen molar-refractivity contribution in [2.75, 3.05) is 0 Å². The second kappa shape index (κ2) is 3.06. The molecule has 1 amide bonds. The Balaban J connectivity index is 1.85. The Morgan fingerprint density at radius 2 is 2.43 bits per heavy atom. The first-order chi connectivity index (χ1) is 6.60. The minimum absolute atomic E-state index is 0.145. The highest BCUT2D eigenvalue weighted by atomic mass is 16.5. The van der Waals surface area contributed by atoms with Crippen molar-refractivity contribution >= 4 is 5.91 Å². The summed E-state index contributed by atoms with van der Waals surface area (Å²) in [5.41, 5.74) is 5.04. The van der Waals surface area contributed by atoms with Crippen LogP contribution in [0.15, 0.2) is 4.52 Å². The Kier molecular flexibility index (Phi) is 1.99. The quantitative estimate of drug-likeness (QED) is 0.678. The number of amides is 1. The van der Waals surface area contributed by atoms with Gasteiger partial charge in [-0.2, -0.15) is 4.98 Å². The molecule has 76 valence electrons. The lowest BCUT2D eigenvalue weighted by Crippen LogP contribution is -2.42. The minimum Gasteiger partial charge on any atom is -0.345 e. The molecule has 1 saturated carbocycles. The second-order valence-corrected chi connectivity index (χ2v) is 3.57. The zero-order valence-corrected chi connectivity index (χ0v) is 7.91. The number of carbonyl (C=O) groups excluding carboxylic acids is 1. The number of nitrogens with two attached hydrogens (primary N) is 1. The van der Waals surface area contributed by atoms with E-state index in [2.05, 4.69) is 15.5 Å². The summed E-state index contributed by atoms with van der Waals surface area (Å²) in [6.45, 7) is 1.97. The summed E-state index contributed by atoms with van der Waals surface area (Å²) in [6, 6.07) is 0. The SMILES string of the molecule is Cc1noc(CNC(=O)C2(N)CC2)n1. The molecule has 0 unspecified atom stereocenters. The van der Waals surface area contributed by atoms with Crippen molar-refractivity contribution in [1.82, 2.24) is 15.5 Å². The van der Waals surface area contributed by atoms with E-state index in [0.717, 1.165) is 12.8 Å². The third-order valence-electron chi connectivity index (χ3n) is 2.21. The average molecular weight is 196 g/mol. The van der Waals surface area contributed by atoms with Crippen molar-refractivity contribution in [3.05, 3.63) is 11.7 Å². The molecule has 0 aromatic carbocycles. The average Bonchev–Trinajstić information content (AvgIpc) is 2.76. The molecule has 2 rings (SSSR count). The van der Waals surface area contributed by atoms with Gasteiger partial charge in [0.1, 0.15) is 0 Å². The van der Waals surface area contributed by atoms with E-state index >= 15 is 0 Å². The number of aromatic nitrogens is 2. The first kappa shape index (κ1) is 9.14. The molecule has 1 fully saturated rings. The molecule has 1 aliphatic rings. The number of hydrogen-bond donors (Lipinski definition) is 2. The molecule has 0 aliphatic heterocycles. The largest absolute Gasteiger partial charge is 0.345 e. The Morgan fingerprint density at radius 1 is 1.71 bits per heavy atom. The summed E-state index contributed by atoms with van der Waals surface area (Å²) in [5, 5.41) is 6.26. The number of nitrogens with zero attached hydrogens (tertiary/aromatic N) is 2. The van der Waals surface area contributed by atoms with E-state index in [1.807, 2.05) is 0 Å². The Morgan fingerprint density at radius 3 is 2.93 bits per heavy atom. The van der Waals surface area contributed by atoms with E-state index < -0.39 is 5.54 Å². The van der Waals surface area contributed by atoms with Gasteiger partial charge in [-0.05, 0) is 19.8 Å². The van der Waals surface area contributed by atoms with Gasteiger partial charge in [0, 0.05) is 0 Å². The summed E-state index contributed by atoms with van der Waals surface area (Å²) >= 11 is 0. The zero-order chi connectivity index (χ0) is 10.2. The topological polar surface area (TPSA) is 94.0 Å². The fourth-order valence-corrected chi connectivity index (χ4v) is 1.11. The molecule has 0 radical (unpaired) electrons. The van der Waals surface area contributed by atoms with Gasteiger partial charge in [0.05, 0.1) is 12.1 Å². The van der Waals surface area contributed by atoms with Gasteiger partial charge < -0.3 is 15.6 Å². The van der Waals surface area contributed by atoms with Gasteiger partial charge >= 0.3 is 0 Å². The van der Waals surface area contributed by atoms with Crippen molar-refractivity contribution in [3.8, 4) is 0 Å². The maximum atomic E-state index is 11.4. The van der Waals surface area contributed by atoms with Crippen molar-refractivity contribution < 1.29 is 9.32 Å². The maximum absolute atomic E-state index is 11.4. The predicted molar refractivity (Wildman–Crippen MR) is 47.0 cm³/mol. The lowest BCUT2D eigenvalue weighted by Gasteiger charge is -2.07. The van der Waals surface area contributed by atoms with Crippen LogP contribution in [0, 0.1) is 6.92 Å². The second-order valence-electron chi connectivity index (χ2n) is 3.57. The van der Waals surface area contributed by atoms with Gasteiger partial charge in [0.2, 0.25) is 11.8 Å². The van der Waals surface area contributed by atoms with Crippen LogP contribution in [0.3, 0.4) is 0 Å². The summed E-state index contributed by atoms with van der Waals surface area (Å²) in [7, 11) is 0.